The monoisotopic (exact) mass is 455 g/mol. The van der Waals surface area contributed by atoms with Crippen molar-refractivity contribution in [3.63, 3.8) is 0 Å². The van der Waals surface area contributed by atoms with Crippen LogP contribution in [0.3, 0.4) is 0 Å². The number of nitrogens with zero attached hydrogens (tertiary/aromatic N) is 3. The molecule has 34 heavy (non-hydrogen) atoms. The molecule has 5 rings (SSSR count). The third kappa shape index (κ3) is 4.39. The Kier molecular flexibility index (Phi) is 6.02. The van der Waals surface area contributed by atoms with E-state index in [1.807, 2.05) is 24.3 Å². The summed E-state index contributed by atoms with van der Waals surface area (Å²) in [6, 6.07) is 15.8. The summed E-state index contributed by atoms with van der Waals surface area (Å²) in [5.74, 6) is 1.61. The lowest BCUT2D eigenvalue weighted by molar-refractivity contribution is 0.255. The normalized spacial score (nSPS) is 14.9. The van der Waals surface area contributed by atoms with Crippen LogP contribution in [0.15, 0.2) is 59.5 Å². The van der Waals surface area contributed by atoms with Gasteiger partial charge in [0.15, 0.2) is 0 Å². The molecule has 1 aliphatic rings. The van der Waals surface area contributed by atoms with E-state index in [2.05, 4.69) is 52.4 Å². The lowest BCUT2D eigenvalue weighted by Gasteiger charge is -2.30. The Bertz CT molecular complexity index is 1390. The number of H-pyrrole nitrogens is 1. The fourth-order valence-electron chi connectivity index (χ4n) is 4.77. The van der Waals surface area contributed by atoms with E-state index >= 15 is 0 Å². The maximum atomic E-state index is 12.7. The van der Waals surface area contributed by atoms with Crippen LogP contribution in [0, 0.1) is 6.92 Å². The second-order valence-electron chi connectivity index (χ2n) is 8.97. The highest BCUT2D eigenvalue weighted by atomic mass is 16.5. The van der Waals surface area contributed by atoms with Crippen molar-refractivity contribution in [2.24, 2.45) is 0 Å². The number of anilines is 2. The topological polar surface area (TPSA) is 83.1 Å². The van der Waals surface area contributed by atoms with Crippen molar-refractivity contribution < 1.29 is 4.74 Å². The van der Waals surface area contributed by atoms with Crippen LogP contribution in [0.25, 0.3) is 22.2 Å². The minimum atomic E-state index is -0.183. The van der Waals surface area contributed by atoms with Gasteiger partial charge in [0, 0.05) is 18.0 Å². The zero-order valence-electron chi connectivity index (χ0n) is 19.8. The Labute approximate surface area is 198 Å². The summed E-state index contributed by atoms with van der Waals surface area (Å²) in [5.41, 5.74) is 4.73. The Morgan fingerprint density at radius 2 is 1.88 bits per heavy atom. The van der Waals surface area contributed by atoms with E-state index in [4.69, 9.17) is 9.72 Å². The number of aromatic amines is 1. The summed E-state index contributed by atoms with van der Waals surface area (Å²) >= 11 is 0. The highest BCUT2D eigenvalue weighted by Gasteiger charge is 2.20. The average Bonchev–Trinajstić information content (AvgIpc) is 2.85. The summed E-state index contributed by atoms with van der Waals surface area (Å²) < 4.78 is 5.28. The predicted octanol–water partition coefficient (Wildman–Crippen LogP) is 4.85. The van der Waals surface area contributed by atoms with Gasteiger partial charge in [0.1, 0.15) is 5.82 Å². The lowest BCUT2D eigenvalue weighted by Crippen LogP contribution is -2.29. The highest BCUT2D eigenvalue weighted by molar-refractivity contribution is 5.95. The van der Waals surface area contributed by atoms with Crippen LogP contribution in [-0.2, 0) is 0 Å². The van der Waals surface area contributed by atoms with Gasteiger partial charge in [-0.3, -0.25) is 4.79 Å². The number of rotatable bonds is 5. The molecular weight excluding hydrogens is 426 g/mol. The fourth-order valence-corrected chi connectivity index (χ4v) is 4.77. The number of likely N-dealkylation sites (tertiary alicyclic amines) is 1. The second-order valence-corrected chi connectivity index (χ2v) is 8.97. The summed E-state index contributed by atoms with van der Waals surface area (Å²) in [5, 5.41) is 4.72. The molecule has 174 valence electrons. The standard InChI is InChI=1S/C27H29N5O2/c1-17-15-20(7-8-21(17)18-10-13-32(2)14-11-18)29-26-25-19(9-12-28-27(25)33)16-23(31-26)22-5-4-6-24(30-22)34-3/h4-9,12,15-16,18H,10-11,13-14H2,1-3H3,(H,28,33)(H,29,31). The molecular formula is C27H29N5O2. The molecule has 1 aliphatic heterocycles. The summed E-state index contributed by atoms with van der Waals surface area (Å²) in [6.45, 7) is 4.43. The van der Waals surface area contributed by atoms with Gasteiger partial charge < -0.3 is 19.9 Å². The molecule has 2 N–H and O–H groups in total. The second kappa shape index (κ2) is 9.27. The zero-order chi connectivity index (χ0) is 23.7. The van der Waals surface area contributed by atoms with Crippen molar-refractivity contribution in [1.82, 2.24) is 19.9 Å². The molecule has 4 heterocycles. The van der Waals surface area contributed by atoms with Crippen molar-refractivity contribution >= 4 is 22.3 Å². The maximum Gasteiger partial charge on any atom is 0.259 e. The quantitative estimate of drug-likeness (QED) is 0.447. The first-order valence-corrected chi connectivity index (χ1v) is 11.6. The van der Waals surface area contributed by atoms with Gasteiger partial charge in [-0.2, -0.15) is 0 Å². The van der Waals surface area contributed by atoms with Gasteiger partial charge in [-0.1, -0.05) is 12.1 Å². The van der Waals surface area contributed by atoms with E-state index < -0.39 is 0 Å². The molecule has 0 saturated carbocycles. The molecule has 0 amide bonds. The van der Waals surface area contributed by atoms with Crippen LogP contribution in [0.5, 0.6) is 5.88 Å². The minimum Gasteiger partial charge on any atom is -0.481 e. The summed E-state index contributed by atoms with van der Waals surface area (Å²) in [7, 11) is 3.77. The SMILES string of the molecule is COc1cccc(-c2cc3cc[nH]c(=O)c3c(Nc3ccc(C4CCN(C)CC4)c(C)c3)n2)n1. The van der Waals surface area contributed by atoms with Crippen molar-refractivity contribution in [3.05, 3.63) is 76.2 Å². The minimum absolute atomic E-state index is 0.183. The number of methoxy groups -OCH3 is 1. The fraction of sp³-hybridized carbons (Fsp3) is 0.296. The van der Waals surface area contributed by atoms with Crippen molar-refractivity contribution in [2.45, 2.75) is 25.7 Å². The van der Waals surface area contributed by atoms with E-state index in [0.717, 1.165) is 24.2 Å². The molecule has 1 aromatic carbocycles. The molecule has 7 nitrogen and oxygen atoms in total. The van der Waals surface area contributed by atoms with Crippen LogP contribution >= 0.6 is 0 Å². The molecule has 7 heteroatoms. The predicted molar refractivity (Wildman–Crippen MR) is 136 cm³/mol. The maximum absolute atomic E-state index is 12.7. The van der Waals surface area contributed by atoms with Gasteiger partial charge in [-0.15, -0.1) is 0 Å². The van der Waals surface area contributed by atoms with E-state index in [-0.39, 0.29) is 5.56 Å². The molecule has 0 aliphatic carbocycles. The molecule has 1 saturated heterocycles. The Morgan fingerprint density at radius 3 is 2.65 bits per heavy atom. The van der Waals surface area contributed by atoms with Gasteiger partial charge in [0.05, 0.1) is 23.9 Å². The van der Waals surface area contributed by atoms with Gasteiger partial charge in [0.2, 0.25) is 5.88 Å². The molecule has 0 unspecified atom stereocenters. The zero-order valence-corrected chi connectivity index (χ0v) is 19.8. The third-order valence-electron chi connectivity index (χ3n) is 6.64. The smallest absolute Gasteiger partial charge is 0.259 e. The first-order valence-electron chi connectivity index (χ1n) is 11.6. The number of benzene rings is 1. The van der Waals surface area contributed by atoms with Crippen molar-refractivity contribution in [3.8, 4) is 17.3 Å². The van der Waals surface area contributed by atoms with Crippen LogP contribution < -0.4 is 15.6 Å². The summed E-state index contributed by atoms with van der Waals surface area (Å²) in [6.07, 6.45) is 4.01. The number of piperidine rings is 1. The van der Waals surface area contributed by atoms with Crippen LogP contribution in [-0.4, -0.2) is 47.1 Å². The Hall–Kier alpha value is -3.71. The molecule has 1 fully saturated rings. The Morgan fingerprint density at radius 1 is 1.06 bits per heavy atom. The molecule has 0 spiro atoms. The van der Waals surface area contributed by atoms with E-state index in [9.17, 15) is 4.79 Å². The largest absolute Gasteiger partial charge is 0.481 e. The number of aromatic nitrogens is 3. The first-order chi connectivity index (χ1) is 16.5. The number of nitrogens with one attached hydrogen (secondary N) is 2. The van der Waals surface area contributed by atoms with E-state index in [1.165, 1.54) is 24.0 Å². The third-order valence-corrected chi connectivity index (χ3v) is 6.64. The van der Waals surface area contributed by atoms with Crippen LogP contribution in [0.4, 0.5) is 11.5 Å². The number of fused-ring (bicyclic) bond motifs is 1. The number of aryl methyl sites for hydroxylation is 1. The van der Waals surface area contributed by atoms with E-state index in [1.54, 1.807) is 19.4 Å². The molecule has 0 bridgehead atoms. The molecule has 0 radical (unpaired) electrons. The number of hydrogen-bond donors (Lipinski definition) is 2. The van der Waals surface area contributed by atoms with Crippen LogP contribution in [0.2, 0.25) is 0 Å². The lowest BCUT2D eigenvalue weighted by atomic mass is 9.87. The van der Waals surface area contributed by atoms with E-state index in [0.29, 0.717) is 34.4 Å². The van der Waals surface area contributed by atoms with Gasteiger partial charge in [-0.05, 0) is 92.7 Å². The van der Waals surface area contributed by atoms with Crippen LogP contribution in [0.1, 0.15) is 29.9 Å². The number of pyridine rings is 3. The summed E-state index contributed by atoms with van der Waals surface area (Å²) in [4.78, 5) is 27.2. The van der Waals surface area contributed by atoms with Gasteiger partial charge in [0.25, 0.3) is 5.56 Å². The highest BCUT2D eigenvalue weighted by Crippen LogP contribution is 2.33. The number of ether oxygens (including phenoxy) is 1. The molecule has 3 aromatic heterocycles. The Balaban J connectivity index is 1.53. The van der Waals surface area contributed by atoms with Crippen molar-refractivity contribution in [1.29, 1.82) is 0 Å². The number of hydrogen-bond acceptors (Lipinski definition) is 6. The average molecular weight is 456 g/mol. The van der Waals surface area contributed by atoms with Crippen molar-refractivity contribution in [2.75, 3.05) is 32.6 Å². The van der Waals surface area contributed by atoms with Gasteiger partial charge >= 0.3 is 0 Å². The molecule has 4 aromatic rings. The first kappa shape index (κ1) is 22.1. The molecule has 0 atom stereocenters. The van der Waals surface area contributed by atoms with Gasteiger partial charge in [-0.25, -0.2) is 9.97 Å².